The summed E-state index contributed by atoms with van der Waals surface area (Å²) in [5.41, 5.74) is 1.28. The number of hydrogen-bond donors (Lipinski definition) is 1. The first-order valence-electron chi connectivity index (χ1n) is 11.7. The summed E-state index contributed by atoms with van der Waals surface area (Å²) in [6.45, 7) is 3.52. The Labute approximate surface area is 212 Å². The number of amides is 1. The van der Waals surface area contributed by atoms with Crippen LogP contribution in [-0.2, 0) is 16.6 Å². The molecule has 37 heavy (non-hydrogen) atoms. The molecule has 8 heteroatoms. The highest BCUT2D eigenvalue weighted by Crippen LogP contribution is 2.43. The van der Waals surface area contributed by atoms with Gasteiger partial charge in [-0.25, -0.2) is 9.07 Å². The first-order chi connectivity index (χ1) is 17.7. The molecule has 0 saturated carbocycles. The number of benzene rings is 3. The predicted octanol–water partition coefficient (Wildman–Crippen LogP) is 4.56. The predicted molar refractivity (Wildman–Crippen MR) is 138 cm³/mol. The summed E-state index contributed by atoms with van der Waals surface area (Å²) in [4.78, 5) is 41.7. The first kappa shape index (κ1) is 24.0. The number of carbonyl (C=O) groups excluding carboxylic acids is 2. The topological polar surface area (TPSA) is 84.5 Å². The molecule has 1 aromatic heterocycles. The summed E-state index contributed by atoms with van der Waals surface area (Å²) in [6.07, 6.45) is 0. The van der Waals surface area contributed by atoms with Gasteiger partial charge in [-0.15, -0.1) is 0 Å². The van der Waals surface area contributed by atoms with Crippen molar-refractivity contribution in [1.29, 1.82) is 0 Å². The highest BCUT2D eigenvalue weighted by atomic mass is 19.1. The van der Waals surface area contributed by atoms with E-state index in [1.165, 1.54) is 22.9 Å². The molecule has 1 fully saturated rings. The normalized spacial score (nSPS) is 17.0. The maximum atomic E-state index is 15.2. The third-order valence-electron chi connectivity index (χ3n) is 6.73. The molecule has 0 radical (unpaired) electrons. The van der Waals surface area contributed by atoms with Crippen LogP contribution in [-0.4, -0.2) is 26.2 Å². The van der Waals surface area contributed by atoms with Gasteiger partial charge in [0.15, 0.2) is 0 Å². The second-order valence-electron chi connectivity index (χ2n) is 8.97. The van der Waals surface area contributed by atoms with Crippen LogP contribution in [0, 0.1) is 19.7 Å². The van der Waals surface area contributed by atoms with Gasteiger partial charge in [0, 0.05) is 18.2 Å². The maximum absolute atomic E-state index is 15.2. The molecule has 0 aliphatic carbocycles. The zero-order valence-corrected chi connectivity index (χ0v) is 20.5. The first-order valence-corrected chi connectivity index (χ1v) is 11.7. The molecule has 1 aliphatic heterocycles. The van der Waals surface area contributed by atoms with E-state index in [1.54, 1.807) is 73.3 Å². The number of para-hydroxylation sites is 1. The summed E-state index contributed by atoms with van der Waals surface area (Å²) in [6, 6.07) is 19.9. The van der Waals surface area contributed by atoms with E-state index in [-0.39, 0.29) is 16.8 Å². The van der Waals surface area contributed by atoms with E-state index in [1.807, 2.05) is 13.0 Å². The summed E-state index contributed by atoms with van der Waals surface area (Å²) in [5, 5.41) is 11.2. The van der Waals surface area contributed by atoms with Crippen molar-refractivity contribution in [2.45, 2.75) is 19.9 Å². The fraction of sp³-hybridized carbons (Fsp3) is 0.138. The molecule has 5 rings (SSSR count). The summed E-state index contributed by atoms with van der Waals surface area (Å²) in [7, 11) is 1.66. The smallest absolute Gasteiger partial charge is 0.300 e. The lowest BCUT2D eigenvalue weighted by molar-refractivity contribution is -0.132. The summed E-state index contributed by atoms with van der Waals surface area (Å²) < 4.78 is 18.1. The Morgan fingerprint density at radius 1 is 0.865 bits per heavy atom. The molecule has 1 atom stereocenters. The molecular formula is C29H24FN3O4. The number of aryl methyl sites for hydroxylation is 1. The molecule has 7 nitrogen and oxygen atoms in total. The Kier molecular flexibility index (Phi) is 5.87. The molecule has 3 aromatic carbocycles. The number of rotatable bonds is 4. The molecule has 1 amide bonds. The second kappa shape index (κ2) is 9.05. The van der Waals surface area contributed by atoms with Gasteiger partial charge in [0.05, 0.1) is 23.0 Å². The van der Waals surface area contributed by atoms with Crippen molar-refractivity contribution in [2.75, 3.05) is 4.90 Å². The van der Waals surface area contributed by atoms with Gasteiger partial charge in [0.2, 0.25) is 0 Å². The van der Waals surface area contributed by atoms with Crippen molar-refractivity contribution in [3.8, 4) is 5.69 Å². The average Bonchev–Trinajstić information content (AvgIpc) is 3.27. The monoisotopic (exact) mass is 497 g/mol. The van der Waals surface area contributed by atoms with Crippen LogP contribution in [0.5, 0.6) is 0 Å². The third kappa shape index (κ3) is 3.78. The number of aliphatic hydroxyl groups excluding tert-OH is 1. The van der Waals surface area contributed by atoms with Crippen LogP contribution in [0.4, 0.5) is 10.1 Å². The van der Waals surface area contributed by atoms with Gasteiger partial charge in [-0.05, 0) is 32.0 Å². The van der Waals surface area contributed by atoms with Gasteiger partial charge in [-0.3, -0.25) is 24.0 Å². The van der Waals surface area contributed by atoms with Crippen LogP contribution >= 0.6 is 0 Å². The number of nitrogens with zero attached hydrogens (tertiary/aromatic N) is 3. The molecule has 2 heterocycles. The zero-order valence-electron chi connectivity index (χ0n) is 20.5. The lowest BCUT2D eigenvalue weighted by Crippen LogP contribution is -2.34. The van der Waals surface area contributed by atoms with Gasteiger partial charge in [-0.2, -0.15) is 0 Å². The molecule has 4 aromatic rings. The van der Waals surface area contributed by atoms with Crippen molar-refractivity contribution in [1.82, 2.24) is 9.36 Å². The van der Waals surface area contributed by atoms with Gasteiger partial charge >= 0.3 is 0 Å². The van der Waals surface area contributed by atoms with Crippen molar-refractivity contribution in [3.05, 3.63) is 123 Å². The Morgan fingerprint density at radius 2 is 1.49 bits per heavy atom. The minimum Gasteiger partial charge on any atom is -0.507 e. The van der Waals surface area contributed by atoms with Crippen LogP contribution in [0.15, 0.2) is 89.2 Å². The number of carbonyl (C=O) groups is 2. The van der Waals surface area contributed by atoms with E-state index in [2.05, 4.69) is 0 Å². The Balaban J connectivity index is 1.80. The molecular weight excluding hydrogens is 473 g/mol. The Hall–Kier alpha value is -4.72. The second-order valence-corrected chi connectivity index (χ2v) is 8.97. The van der Waals surface area contributed by atoms with E-state index in [0.29, 0.717) is 16.9 Å². The molecule has 1 aliphatic rings. The van der Waals surface area contributed by atoms with Crippen molar-refractivity contribution in [3.63, 3.8) is 0 Å². The van der Waals surface area contributed by atoms with E-state index in [0.717, 1.165) is 10.5 Å². The van der Waals surface area contributed by atoms with Gasteiger partial charge in [-0.1, -0.05) is 66.2 Å². The standard InChI is InChI=1S/C29H24FN3O4/c1-17-13-15-19(16-14-17)26(34)23-25(21-11-7-8-12-22(21)30)32(29(37)27(23)35)24-18(2)31(3)33(28(24)36)20-9-5-4-6-10-20/h4-16,25,34H,1-3H3/t25-/m0/s1. The third-order valence-corrected chi connectivity index (χ3v) is 6.73. The number of hydrogen-bond acceptors (Lipinski definition) is 4. The largest absolute Gasteiger partial charge is 0.507 e. The van der Waals surface area contributed by atoms with Crippen LogP contribution in [0.25, 0.3) is 11.4 Å². The highest BCUT2D eigenvalue weighted by Gasteiger charge is 2.49. The molecule has 0 unspecified atom stereocenters. The lowest BCUT2D eigenvalue weighted by Gasteiger charge is -2.24. The number of Topliss-reactive ketones (excluding diaryl/α,β-unsaturated/α-hetero) is 1. The molecule has 0 bridgehead atoms. The summed E-state index contributed by atoms with van der Waals surface area (Å²) in [5.74, 6) is -3.13. The van der Waals surface area contributed by atoms with Crippen LogP contribution in [0.3, 0.4) is 0 Å². The maximum Gasteiger partial charge on any atom is 0.300 e. The van der Waals surface area contributed by atoms with Crippen molar-refractivity contribution < 1.29 is 19.1 Å². The van der Waals surface area contributed by atoms with Crippen molar-refractivity contribution in [2.24, 2.45) is 7.05 Å². The van der Waals surface area contributed by atoms with Crippen LogP contribution in [0.1, 0.15) is 28.4 Å². The lowest BCUT2D eigenvalue weighted by atomic mass is 9.94. The molecule has 186 valence electrons. The molecule has 1 saturated heterocycles. The number of aliphatic hydroxyl groups is 1. The van der Waals surface area contributed by atoms with E-state index in [9.17, 15) is 19.5 Å². The van der Waals surface area contributed by atoms with Crippen LogP contribution in [0.2, 0.25) is 0 Å². The number of ketones is 1. The summed E-state index contributed by atoms with van der Waals surface area (Å²) >= 11 is 0. The van der Waals surface area contributed by atoms with Crippen molar-refractivity contribution >= 4 is 23.1 Å². The molecule has 1 N–H and O–H groups in total. The average molecular weight is 498 g/mol. The van der Waals surface area contributed by atoms with Gasteiger partial charge in [0.25, 0.3) is 17.2 Å². The SMILES string of the molecule is Cc1ccc(C(O)=C2C(=O)C(=O)N(c3c(C)n(C)n(-c4ccccc4)c3=O)[C@H]2c2ccccc2F)cc1. The highest BCUT2D eigenvalue weighted by molar-refractivity contribution is 6.51. The minimum absolute atomic E-state index is 0.00993. The quantitative estimate of drug-likeness (QED) is 0.255. The zero-order chi connectivity index (χ0) is 26.4. The Morgan fingerprint density at radius 3 is 2.14 bits per heavy atom. The number of anilines is 1. The van der Waals surface area contributed by atoms with E-state index < -0.39 is 34.9 Å². The van der Waals surface area contributed by atoms with Gasteiger partial charge < -0.3 is 5.11 Å². The fourth-order valence-corrected chi connectivity index (χ4v) is 4.75. The fourth-order valence-electron chi connectivity index (χ4n) is 4.75. The Bertz CT molecular complexity index is 1630. The molecule has 0 spiro atoms. The van der Waals surface area contributed by atoms with Crippen LogP contribution < -0.4 is 10.5 Å². The number of aromatic nitrogens is 2. The minimum atomic E-state index is -1.35. The van der Waals surface area contributed by atoms with Gasteiger partial charge in [0.1, 0.15) is 17.3 Å². The van der Waals surface area contributed by atoms with E-state index >= 15 is 4.39 Å². The number of halogens is 1. The van der Waals surface area contributed by atoms with E-state index in [4.69, 9.17) is 0 Å².